The molecule has 3 rings (SSSR count). The van der Waals surface area contributed by atoms with Gasteiger partial charge in [-0.05, 0) is 53.0 Å². The van der Waals surface area contributed by atoms with Gasteiger partial charge in [-0.25, -0.2) is 9.67 Å². The van der Waals surface area contributed by atoms with Crippen molar-refractivity contribution < 1.29 is 9.90 Å². The lowest BCUT2D eigenvalue weighted by molar-refractivity contribution is 0.0952. The van der Waals surface area contributed by atoms with E-state index in [1.54, 1.807) is 0 Å². The number of aromatic nitrogens is 3. The van der Waals surface area contributed by atoms with Crippen LogP contribution < -0.4 is 5.32 Å². The molecule has 0 bridgehead atoms. The zero-order chi connectivity index (χ0) is 17.5. The van der Waals surface area contributed by atoms with Gasteiger partial charge in [0, 0.05) is 24.8 Å². The maximum absolute atomic E-state index is 12.7. The van der Waals surface area contributed by atoms with Crippen LogP contribution in [-0.2, 0) is 5.54 Å². The first kappa shape index (κ1) is 16.9. The molecule has 6 heteroatoms. The Labute approximate surface area is 142 Å². The first-order valence-electron chi connectivity index (χ1n) is 8.62. The minimum Gasteiger partial charge on any atom is -0.396 e. The van der Waals surface area contributed by atoms with Crippen LogP contribution >= 0.6 is 0 Å². The quantitative estimate of drug-likeness (QED) is 0.826. The molecule has 0 spiro atoms. The summed E-state index contributed by atoms with van der Waals surface area (Å²) in [5.74, 6) is 0.344. The van der Waals surface area contributed by atoms with Crippen molar-refractivity contribution >= 4 is 16.9 Å². The summed E-state index contributed by atoms with van der Waals surface area (Å²) in [5, 5.41) is 17.3. The molecule has 0 unspecified atom stereocenters. The predicted octanol–water partition coefficient (Wildman–Crippen LogP) is 2.48. The van der Waals surface area contributed by atoms with Gasteiger partial charge in [-0.15, -0.1) is 0 Å². The van der Waals surface area contributed by atoms with Crippen LogP contribution in [0, 0.1) is 6.92 Å². The van der Waals surface area contributed by atoms with Gasteiger partial charge in [-0.2, -0.15) is 5.10 Å². The molecule has 2 aromatic rings. The molecule has 1 amide bonds. The third-order valence-electron chi connectivity index (χ3n) is 4.33. The predicted molar refractivity (Wildman–Crippen MR) is 93.3 cm³/mol. The Morgan fingerprint density at radius 2 is 2.12 bits per heavy atom. The van der Waals surface area contributed by atoms with E-state index >= 15 is 0 Å². The molecule has 0 saturated heterocycles. The van der Waals surface area contributed by atoms with Gasteiger partial charge in [0.25, 0.3) is 5.91 Å². The average molecular weight is 330 g/mol. The lowest BCUT2D eigenvalue weighted by atomic mass is 10.1. The highest BCUT2D eigenvalue weighted by Gasteiger charge is 2.30. The topological polar surface area (TPSA) is 80.0 Å². The molecule has 1 fully saturated rings. The molecule has 2 heterocycles. The fourth-order valence-corrected chi connectivity index (χ4v) is 2.92. The van der Waals surface area contributed by atoms with E-state index in [0.717, 1.165) is 35.3 Å². The molecule has 24 heavy (non-hydrogen) atoms. The van der Waals surface area contributed by atoms with Crippen molar-refractivity contribution in [2.45, 2.75) is 58.4 Å². The second kappa shape index (κ2) is 6.16. The van der Waals surface area contributed by atoms with Gasteiger partial charge in [0.2, 0.25) is 0 Å². The Bertz CT molecular complexity index is 769. The number of rotatable bonds is 5. The Balaban J connectivity index is 2.12. The van der Waals surface area contributed by atoms with Gasteiger partial charge in [-0.3, -0.25) is 4.79 Å². The maximum atomic E-state index is 12.7. The minimum atomic E-state index is -0.202. The first-order chi connectivity index (χ1) is 11.3. The van der Waals surface area contributed by atoms with E-state index in [4.69, 9.17) is 10.1 Å². The highest BCUT2D eigenvalue weighted by Crippen LogP contribution is 2.40. The van der Waals surface area contributed by atoms with Gasteiger partial charge >= 0.3 is 0 Å². The van der Waals surface area contributed by atoms with Gasteiger partial charge < -0.3 is 10.4 Å². The lowest BCUT2D eigenvalue weighted by Gasteiger charge is -2.20. The molecule has 1 saturated carbocycles. The smallest absolute Gasteiger partial charge is 0.252 e. The van der Waals surface area contributed by atoms with E-state index in [1.807, 2.05) is 17.7 Å². The number of pyridine rings is 1. The summed E-state index contributed by atoms with van der Waals surface area (Å²) < 4.78 is 1.92. The first-order valence-corrected chi connectivity index (χ1v) is 8.62. The van der Waals surface area contributed by atoms with E-state index in [2.05, 4.69) is 31.2 Å². The van der Waals surface area contributed by atoms with Crippen molar-refractivity contribution in [2.24, 2.45) is 0 Å². The Kier molecular flexibility index (Phi) is 4.34. The van der Waals surface area contributed by atoms with Crippen molar-refractivity contribution in [1.29, 1.82) is 0 Å². The number of aliphatic hydroxyl groups excluding tert-OH is 1. The molecule has 0 aromatic carbocycles. The maximum Gasteiger partial charge on any atom is 0.252 e. The van der Waals surface area contributed by atoms with E-state index < -0.39 is 0 Å². The highest BCUT2D eigenvalue weighted by atomic mass is 16.3. The lowest BCUT2D eigenvalue weighted by Crippen LogP contribution is -2.26. The van der Waals surface area contributed by atoms with Crippen LogP contribution in [0.2, 0.25) is 0 Å². The van der Waals surface area contributed by atoms with Crippen LogP contribution in [0.15, 0.2) is 6.07 Å². The summed E-state index contributed by atoms with van der Waals surface area (Å²) in [6, 6.07) is 1.93. The molecule has 2 aromatic heterocycles. The minimum absolute atomic E-state index is 0.0698. The number of carbonyl (C=O) groups is 1. The molecule has 6 nitrogen and oxygen atoms in total. The van der Waals surface area contributed by atoms with Crippen molar-refractivity contribution in [3.8, 4) is 0 Å². The van der Waals surface area contributed by atoms with Crippen molar-refractivity contribution in [2.75, 3.05) is 13.2 Å². The van der Waals surface area contributed by atoms with Crippen LogP contribution in [0.1, 0.15) is 67.7 Å². The van der Waals surface area contributed by atoms with E-state index in [9.17, 15) is 4.79 Å². The molecular formula is C18H26N4O2. The normalized spacial score (nSPS) is 15.0. The number of nitrogens with one attached hydrogen (secondary N) is 1. The molecule has 1 aliphatic rings. The number of amides is 1. The number of carbonyl (C=O) groups excluding carboxylic acids is 1. The number of aliphatic hydroxyl groups is 1. The number of fused-ring (bicyclic) bond motifs is 1. The monoisotopic (exact) mass is 330 g/mol. The molecule has 0 radical (unpaired) electrons. The van der Waals surface area contributed by atoms with Gasteiger partial charge in [-0.1, -0.05) is 0 Å². The number of aryl methyl sites for hydroxylation is 1. The van der Waals surface area contributed by atoms with Crippen LogP contribution in [-0.4, -0.2) is 38.9 Å². The molecule has 0 aliphatic heterocycles. The van der Waals surface area contributed by atoms with Crippen molar-refractivity contribution in [1.82, 2.24) is 20.1 Å². The third-order valence-corrected chi connectivity index (χ3v) is 4.33. The summed E-state index contributed by atoms with van der Waals surface area (Å²) in [6.45, 7) is 8.72. The molecule has 130 valence electrons. The van der Waals surface area contributed by atoms with E-state index in [1.165, 1.54) is 0 Å². The summed E-state index contributed by atoms with van der Waals surface area (Å²) in [6.07, 6.45) is 2.81. The van der Waals surface area contributed by atoms with E-state index in [-0.39, 0.29) is 18.1 Å². The second-order valence-corrected chi connectivity index (χ2v) is 7.57. The third kappa shape index (κ3) is 3.15. The largest absolute Gasteiger partial charge is 0.396 e. The Morgan fingerprint density at radius 3 is 2.71 bits per heavy atom. The molecular weight excluding hydrogens is 304 g/mol. The van der Waals surface area contributed by atoms with Crippen LogP contribution in [0.4, 0.5) is 0 Å². The zero-order valence-corrected chi connectivity index (χ0v) is 14.9. The number of hydrogen-bond donors (Lipinski definition) is 2. The van der Waals surface area contributed by atoms with Crippen LogP contribution in [0.25, 0.3) is 11.0 Å². The molecule has 2 N–H and O–H groups in total. The van der Waals surface area contributed by atoms with E-state index in [0.29, 0.717) is 24.4 Å². The SMILES string of the molecule is Cc1nn(C(C)(C)C)c2nc(C3CC3)cc(C(=O)NCCCO)c12. The highest BCUT2D eigenvalue weighted by molar-refractivity contribution is 6.06. The molecule has 0 atom stereocenters. The second-order valence-electron chi connectivity index (χ2n) is 7.57. The summed E-state index contributed by atoms with van der Waals surface area (Å²) >= 11 is 0. The summed E-state index contributed by atoms with van der Waals surface area (Å²) in [7, 11) is 0. The molecule has 1 aliphatic carbocycles. The summed E-state index contributed by atoms with van der Waals surface area (Å²) in [4.78, 5) is 17.5. The van der Waals surface area contributed by atoms with Crippen molar-refractivity contribution in [3.63, 3.8) is 0 Å². The number of hydrogen-bond acceptors (Lipinski definition) is 4. The standard InChI is InChI=1S/C18H26N4O2/c1-11-15-13(17(24)19-8-5-9-23)10-14(12-6-7-12)20-16(15)22(21-11)18(2,3)4/h10,12,23H,5-9H2,1-4H3,(H,19,24). The van der Waals surface area contributed by atoms with Gasteiger partial charge in [0.1, 0.15) is 0 Å². The zero-order valence-electron chi connectivity index (χ0n) is 14.9. The number of nitrogens with zero attached hydrogens (tertiary/aromatic N) is 3. The van der Waals surface area contributed by atoms with Gasteiger partial charge in [0.15, 0.2) is 5.65 Å². The van der Waals surface area contributed by atoms with Gasteiger partial charge in [0.05, 0.1) is 22.2 Å². The fourth-order valence-electron chi connectivity index (χ4n) is 2.92. The Hall–Kier alpha value is -1.95. The van der Waals surface area contributed by atoms with Crippen molar-refractivity contribution in [3.05, 3.63) is 23.0 Å². The van der Waals surface area contributed by atoms with Crippen LogP contribution in [0.3, 0.4) is 0 Å². The summed E-state index contributed by atoms with van der Waals surface area (Å²) in [5.41, 5.74) is 3.04. The fraction of sp³-hybridized carbons (Fsp3) is 0.611. The van der Waals surface area contributed by atoms with Crippen LogP contribution in [0.5, 0.6) is 0 Å². The Morgan fingerprint density at radius 1 is 1.42 bits per heavy atom. The average Bonchev–Trinajstić information content (AvgIpc) is 3.30.